The van der Waals surface area contributed by atoms with Gasteiger partial charge in [0, 0.05) is 43.4 Å². The second kappa shape index (κ2) is 15.9. The van der Waals surface area contributed by atoms with Crippen LogP contribution >= 0.6 is 23.5 Å². The van der Waals surface area contributed by atoms with Gasteiger partial charge in [-0.1, -0.05) is 24.8 Å². The fraction of sp³-hybridized carbons (Fsp3) is 0.611. The Kier molecular flexibility index (Phi) is 12.0. The molecule has 1 aromatic rings. The zero-order valence-electron chi connectivity index (χ0n) is 29.5. The summed E-state index contributed by atoms with van der Waals surface area (Å²) in [5, 5.41) is 5.52. The smallest absolute Gasteiger partial charge is 0.410 e. The van der Waals surface area contributed by atoms with E-state index in [2.05, 4.69) is 52.4 Å². The predicted molar refractivity (Wildman–Crippen MR) is 197 cm³/mol. The van der Waals surface area contributed by atoms with Crippen LogP contribution in [0, 0.1) is 23.7 Å². The number of hydrazine groups is 1. The summed E-state index contributed by atoms with van der Waals surface area (Å²) in [6, 6.07) is 3.37. The molecule has 2 atom stereocenters. The molecule has 2 unspecified atom stereocenters. The van der Waals surface area contributed by atoms with Crippen LogP contribution in [-0.4, -0.2) is 64.0 Å². The molecule has 268 valence electrons. The molecule has 11 nitrogen and oxygen atoms in total. The Morgan fingerprint density at radius 3 is 2.59 bits per heavy atom. The average molecular weight is 714 g/mol. The number of nitrogens with one attached hydrogen (secondary N) is 3. The number of hydrogen-bond acceptors (Lipinski definition) is 10. The van der Waals surface area contributed by atoms with Gasteiger partial charge in [0.1, 0.15) is 33.7 Å². The lowest BCUT2D eigenvalue weighted by Gasteiger charge is -2.33. The van der Waals surface area contributed by atoms with Gasteiger partial charge in [0.2, 0.25) is 0 Å². The number of amides is 2. The van der Waals surface area contributed by atoms with Crippen LogP contribution in [0.5, 0.6) is 0 Å². The Bertz CT molecular complexity index is 1440. The minimum Gasteiger partial charge on any atom is -0.444 e. The highest BCUT2D eigenvalue weighted by Crippen LogP contribution is 2.50. The van der Waals surface area contributed by atoms with Crippen molar-refractivity contribution in [1.82, 2.24) is 25.3 Å². The molecule has 3 heterocycles. The zero-order chi connectivity index (χ0) is 35.3. The summed E-state index contributed by atoms with van der Waals surface area (Å²) < 4.78 is 14.5. The first-order valence-electron chi connectivity index (χ1n) is 17.4. The van der Waals surface area contributed by atoms with E-state index in [-0.39, 0.29) is 28.6 Å². The van der Waals surface area contributed by atoms with Gasteiger partial charge in [0.25, 0.3) is 5.91 Å². The molecule has 2 amide bonds. The first kappa shape index (κ1) is 37.2. The first-order chi connectivity index (χ1) is 23.2. The molecular weight excluding hydrogens is 662 g/mol. The molecule has 0 bridgehead atoms. The molecule has 3 fully saturated rings. The molecule has 2 saturated carbocycles. The highest BCUT2D eigenvalue weighted by molar-refractivity contribution is 8.13. The third-order valence-corrected chi connectivity index (χ3v) is 10.4. The SMILES string of the molecule is C=C/C(=N\C(=C)NCCC1CN(C(=O)OC(C)(C)C)C(C)(C)C1)SNC(=O)c1ccc(N2C=CC(OCCC(C3CC3)C3CC3)N2)nc1Cl. The van der Waals surface area contributed by atoms with Gasteiger partial charge in [-0.15, -0.1) is 0 Å². The van der Waals surface area contributed by atoms with Crippen molar-refractivity contribution in [1.29, 1.82) is 0 Å². The standard InChI is InChI=1S/C36H52ClN7O4S/c1-8-31(39-23(2)38-18-15-24-21-36(6,7)43(22-24)34(46)48-35(3,4)5)49-42-33(45)28-13-14-29(40-32(28)37)44-19-16-30(41-44)47-20-17-27(25-9-10-25)26-11-12-26/h8,13-14,16,19,24-27,30,38,41H,1-2,9-12,15,17-18,20-22H2,3-7H3,(H,42,45)/b39-31+. The van der Waals surface area contributed by atoms with Crippen molar-refractivity contribution >= 4 is 46.4 Å². The number of carbonyl (C=O) groups is 2. The highest BCUT2D eigenvalue weighted by Gasteiger charge is 2.43. The Morgan fingerprint density at radius 1 is 1.24 bits per heavy atom. The maximum absolute atomic E-state index is 13.0. The molecule has 1 saturated heterocycles. The summed E-state index contributed by atoms with van der Waals surface area (Å²) in [7, 11) is 0. The van der Waals surface area contributed by atoms with E-state index in [0.717, 1.165) is 55.6 Å². The molecule has 5 rings (SSSR count). The third-order valence-electron chi connectivity index (χ3n) is 9.33. The van der Waals surface area contributed by atoms with Crippen LogP contribution in [0.3, 0.4) is 0 Å². The number of rotatable bonds is 14. The number of pyridine rings is 1. The number of hydrogen-bond donors (Lipinski definition) is 3. The lowest BCUT2D eigenvalue weighted by atomic mass is 9.94. The fourth-order valence-electron chi connectivity index (χ4n) is 6.66. The molecule has 0 radical (unpaired) electrons. The second-order valence-electron chi connectivity index (χ2n) is 15.1. The molecule has 1 aromatic heterocycles. The number of ether oxygens (including phenoxy) is 2. The van der Waals surface area contributed by atoms with Crippen LogP contribution in [0.4, 0.5) is 10.6 Å². The fourth-order valence-corrected chi connectivity index (χ4v) is 7.44. The quantitative estimate of drug-likeness (QED) is 0.0796. The van der Waals surface area contributed by atoms with E-state index in [1.165, 1.54) is 25.7 Å². The Hall–Kier alpha value is -3.06. The van der Waals surface area contributed by atoms with Crippen LogP contribution in [-0.2, 0) is 9.47 Å². The highest BCUT2D eigenvalue weighted by atomic mass is 35.5. The molecule has 2 aliphatic heterocycles. The van der Waals surface area contributed by atoms with Gasteiger partial charge in [-0.05, 0) is 128 Å². The van der Waals surface area contributed by atoms with Gasteiger partial charge in [0.15, 0.2) is 0 Å². The lowest BCUT2D eigenvalue weighted by molar-refractivity contribution is 0.0130. The maximum Gasteiger partial charge on any atom is 0.410 e. The topological polar surface area (TPSA) is 120 Å². The minimum atomic E-state index is -0.535. The summed E-state index contributed by atoms with van der Waals surface area (Å²) in [5.74, 6) is 3.56. The van der Waals surface area contributed by atoms with Gasteiger partial charge in [-0.2, -0.15) is 5.43 Å². The maximum atomic E-state index is 13.0. The van der Waals surface area contributed by atoms with Crippen molar-refractivity contribution in [2.24, 2.45) is 28.7 Å². The van der Waals surface area contributed by atoms with Crippen LogP contribution in [0.25, 0.3) is 0 Å². The molecule has 13 heteroatoms. The molecule has 0 spiro atoms. The monoisotopic (exact) mass is 713 g/mol. The van der Waals surface area contributed by atoms with Crippen molar-refractivity contribution < 1.29 is 19.1 Å². The van der Waals surface area contributed by atoms with Gasteiger partial charge in [0.05, 0.1) is 5.56 Å². The number of aliphatic imine (C=N–C) groups is 1. The van der Waals surface area contributed by atoms with Crippen LogP contribution in [0.2, 0.25) is 5.15 Å². The van der Waals surface area contributed by atoms with Gasteiger partial charge in [-0.25, -0.2) is 14.8 Å². The van der Waals surface area contributed by atoms with E-state index >= 15 is 0 Å². The summed E-state index contributed by atoms with van der Waals surface area (Å²) in [5.41, 5.74) is 2.70. The van der Waals surface area contributed by atoms with E-state index in [9.17, 15) is 9.59 Å². The number of aromatic nitrogens is 1. The number of nitrogens with zero attached hydrogens (tertiary/aromatic N) is 4. The van der Waals surface area contributed by atoms with Crippen LogP contribution < -0.4 is 20.5 Å². The van der Waals surface area contributed by atoms with Crippen LogP contribution in [0.15, 0.2) is 54.5 Å². The van der Waals surface area contributed by atoms with E-state index in [4.69, 9.17) is 21.1 Å². The molecule has 4 aliphatic rings. The van der Waals surface area contributed by atoms with Gasteiger partial charge < -0.3 is 19.7 Å². The second-order valence-corrected chi connectivity index (χ2v) is 16.3. The normalized spacial score (nSPS) is 22.1. The van der Waals surface area contributed by atoms with E-state index in [0.29, 0.717) is 35.7 Å². The minimum absolute atomic E-state index is 0.0790. The lowest BCUT2D eigenvalue weighted by Crippen LogP contribution is -2.45. The summed E-state index contributed by atoms with van der Waals surface area (Å²) in [6.07, 6.45) is 13.2. The largest absolute Gasteiger partial charge is 0.444 e. The third kappa shape index (κ3) is 10.7. The van der Waals surface area contributed by atoms with Crippen molar-refractivity contribution in [2.75, 3.05) is 24.7 Å². The molecule has 3 N–H and O–H groups in total. The average Bonchev–Trinajstić information content (AvgIpc) is 3.96. The van der Waals surface area contributed by atoms with E-state index < -0.39 is 11.5 Å². The molecular formula is C36H52ClN7O4S. The molecule has 49 heavy (non-hydrogen) atoms. The van der Waals surface area contributed by atoms with Gasteiger partial charge in [-0.3, -0.25) is 14.5 Å². The number of halogens is 1. The van der Waals surface area contributed by atoms with Crippen LogP contribution in [0.1, 0.15) is 89.9 Å². The van der Waals surface area contributed by atoms with E-state index in [1.54, 1.807) is 23.2 Å². The van der Waals surface area contributed by atoms with Crippen molar-refractivity contribution in [3.05, 3.63) is 60.2 Å². The Balaban J connectivity index is 1.02. The Labute approximate surface area is 300 Å². The van der Waals surface area contributed by atoms with Crippen molar-refractivity contribution in [3.8, 4) is 0 Å². The Morgan fingerprint density at radius 2 is 1.96 bits per heavy atom. The first-order valence-corrected chi connectivity index (χ1v) is 18.6. The number of likely N-dealkylation sites (tertiary alicyclic amines) is 1. The summed E-state index contributed by atoms with van der Waals surface area (Å²) in [4.78, 5) is 36.4. The molecule has 2 aliphatic carbocycles. The number of carbonyl (C=O) groups excluding carboxylic acids is 2. The van der Waals surface area contributed by atoms with Crippen molar-refractivity contribution in [2.45, 2.75) is 96.9 Å². The molecule has 0 aromatic carbocycles. The summed E-state index contributed by atoms with van der Waals surface area (Å²) >= 11 is 7.47. The zero-order valence-corrected chi connectivity index (χ0v) is 31.0. The summed E-state index contributed by atoms with van der Waals surface area (Å²) in [6.45, 7) is 19.6. The van der Waals surface area contributed by atoms with E-state index in [1.807, 2.05) is 37.9 Å². The number of anilines is 1. The van der Waals surface area contributed by atoms with Crippen molar-refractivity contribution in [3.63, 3.8) is 0 Å². The van der Waals surface area contributed by atoms with Gasteiger partial charge >= 0.3 is 6.09 Å². The predicted octanol–water partition coefficient (Wildman–Crippen LogP) is 7.19.